The summed E-state index contributed by atoms with van der Waals surface area (Å²) in [6.07, 6.45) is 5.36. The number of hydrogen-bond acceptors (Lipinski definition) is 6. The number of rotatable bonds is 4. The maximum Gasteiger partial charge on any atom is 0.211 e. The van der Waals surface area contributed by atoms with Gasteiger partial charge >= 0.3 is 0 Å². The Morgan fingerprint density at radius 2 is 2.04 bits per heavy atom. The van der Waals surface area contributed by atoms with E-state index < -0.39 is 9.70 Å². The van der Waals surface area contributed by atoms with Crippen LogP contribution in [0.2, 0.25) is 0 Å². The first kappa shape index (κ1) is 19.2. The molecule has 0 bridgehead atoms. The van der Waals surface area contributed by atoms with Gasteiger partial charge in [0.05, 0.1) is 11.7 Å². The Morgan fingerprint density at radius 3 is 2.71 bits per heavy atom. The summed E-state index contributed by atoms with van der Waals surface area (Å²) in [4.78, 5) is 12.0. The second-order valence-electron chi connectivity index (χ2n) is 7.35. The molecule has 2 unspecified atom stereocenters. The van der Waals surface area contributed by atoms with E-state index in [4.69, 9.17) is 4.98 Å². The van der Waals surface area contributed by atoms with Crippen molar-refractivity contribution in [2.24, 2.45) is 0 Å². The molecule has 2 aromatic heterocycles. The fourth-order valence-electron chi connectivity index (χ4n) is 3.95. The molecule has 0 saturated carbocycles. The maximum absolute atomic E-state index is 9.42. The van der Waals surface area contributed by atoms with E-state index in [2.05, 4.69) is 64.2 Å². The number of nitriles is 1. The summed E-state index contributed by atoms with van der Waals surface area (Å²) in [6, 6.07) is 6.50. The summed E-state index contributed by atoms with van der Waals surface area (Å²) in [6.45, 7) is 6.13. The number of fused-ring (bicyclic) bond motifs is 3. The number of nitrogens with one attached hydrogen (secondary N) is 1. The van der Waals surface area contributed by atoms with Crippen molar-refractivity contribution in [1.29, 1.82) is 5.26 Å². The van der Waals surface area contributed by atoms with Gasteiger partial charge in [0.15, 0.2) is 11.3 Å². The first-order valence-corrected chi connectivity index (χ1v) is 11.9. The van der Waals surface area contributed by atoms with Crippen LogP contribution in [0.1, 0.15) is 49.0 Å². The van der Waals surface area contributed by atoms with Crippen LogP contribution in [-0.2, 0) is 0 Å². The van der Waals surface area contributed by atoms with Crippen molar-refractivity contribution in [3.05, 3.63) is 35.2 Å². The highest BCUT2D eigenvalue weighted by atomic mass is 33.1. The zero-order valence-electron chi connectivity index (χ0n) is 16.1. The Bertz CT molecular complexity index is 1110. The van der Waals surface area contributed by atoms with Crippen LogP contribution in [0.15, 0.2) is 18.3 Å². The van der Waals surface area contributed by atoms with E-state index in [0.717, 1.165) is 59.6 Å². The van der Waals surface area contributed by atoms with Gasteiger partial charge in [-0.2, -0.15) is 5.26 Å². The van der Waals surface area contributed by atoms with Crippen LogP contribution in [0.5, 0.6) is 0 Å². The summed E-state index contributed by atoms with van der Waals surface area (Å²) in [5.41, 5.74) is 4.37. The molecule has 0 aliphatic carbocycles. The number of anilines is 1. The topological polar surface area (TPSA) is 69.2 Å². The number of thiol groups is 1. The smallest absolute Gasteiger partial charge is 0.211 e. The minimum atomic E-state index is -0.437. The molecule has 28 heavy (non-hydrogen) atoms. The van der Waals surface area contributed by atoms with E-state index in [-0.39, 0.29) is 6.04 Å². The van der Waals surface area contributed by atoms with E-state index >= 15 is 0 Å². The molecule has 0 amide bonds. The van der Waals surface area contributed by atoms with Gasteiger partial charge in [0, 0.05) is 24.5 Å². The number of aromatic nitrogens is 3. The van der Waals surface area contributed by atoms with Gasteiger partial charge < -0.3 is 4.90 Å². The van der Waals surface area contributed by atoms with Gasteiger partial charge in [-0.05, 0) is 50.3 Å². The van der Waals surface area contributed by atoms with E-state index in [1.807, 2.05) is 4.40 Å². The van der Waals surface area contributed by atoms with E-state index in [1.54, 1.807) is 6.20 Å². The minimum Gasteiger partial charge on any atom is -0.342 e. The molecule has 1 fully saturated rings. The number of benzene rings is 1. The number of hydrogen-bond donors (Lipinski definition) is 2. The summed E-state index contributed by atoms with van der Waals surface area (Å²) in [5.74, 6) is 4.83. The molecule has 146 valence electrons. The lowest BCUT2D eigenvalue weighted by atomic mass is 10.0. The van der Waals surface area contributed by atoms with E-state index in [9.17, 15) is 5.26 Å². The molecule has 6 nitrogen and oxygen atoms in total. The van der Waals surface area contributed by atoms with Crippen molar-refractivity contribution in [3.63, 3.8) is 0 Å². The molecule has 1 saturated heterocycles. The van der Waals surface area contributed by atoms with Gasteiger partial charge in [-0.1, -0.05) is 21.6 Å². The fourth-order valence-corrected chi connectivity index (χ4v) is 4.96. The quantitative estimate of drug-likeness (QED) is 0.382. The van der Waals surface area contributed by atoms with Crippen molar-refractivity contribution in [2.45, 2.75) is 39.2 Å². The Hall–Kier alpha value is -2.08. The highest BCUT2D eigenvalue weighted by Crippen LogP contribution is 2.32. The van der Waals surface area contributed by atoms with Crippen molar-refractivity contribution in [1.82, 2.24) is 19.1 Å². The van der Waals surface area contributed by atoms with Crippen LogP contribution in [0.25, 0.3) is 16.6 Å². The average molecular weight is 413 g/mol. The second kappa shape index (κ2) is 7.74. The van der Waals surface area contributed by atoms with Crippen LogP contribution in [0.3, 0.4) is 0 Å². The average Bonchev–Trinajstić information content (AvgIpc) is 3.12. The van der Waals surface area contributed by atoms with Crippen LogP contribution in [0, 0.1) is 18.3 Å². The van der Waals surface area contributed by atoms with Crippen molar-refractivity contribution < 1.29 is 0 Å². The molecule has 1 aliphatic rings. The molecule has 8 heteroatoms. The predicted octanol–water partition coefficient (Wildman–Crippen LogP) is 4.16. The van der Waals surface area contributed by atoms with Gasteiger partial charge in [0.2, 0.25) is 5.95 Å². The van der Waals surface area contributed by atoms with Crippen LogP contribution in [-0.4, -0.2) is 33.3 Å². The molecule has 1 aliphatic heterocycles. The van der Waals surface area contributed by atoms with Gasteiger partial charge in [-0.25, -0.2) is 9.97 Å². The zero-order valence-corrected chi connectivity index (χ0v) is 17.9. The SMILES string of the molecule is C=S(S)NC(C)c1cc(C)cc2c1nc(N1CCCCC1)n1cc(C#N)nc21. The van der Waals surface area contributed by atoms with Crippen LogP contribution in [0.4, 0.5) is 5.95 Å². The normalized spacial score (nSPS) is 17.0. The van der Waals surface area contributed by atoms with Gasteiger partial charge in [0.25, 0.3) is 0 Å². The Balaban J connectivity index is 2.02. The molecule has 0 radical (unpaired) electrons. The number of aryl methyl sites for hydroxylation is 1. The van der Waals surface area contributed by atoms with Gasteiger partial charge in [0.1, 0.15) is 6.07 Å². The molecule has 0 spiro atoms. The molecule has 3 aromatic rings. The number of piperidine rings is 1. The van der Waals surface area contributed by atoms with Gasteiger partial charge in [-0.15, -0.1) is 11.7 Å². The Kier molecular flexibility index (Phi) is 5.32. The van der Waals surface area contributed by atoms with Crippen molar-refractivity contribution >= 4 is 49.7 Å². The molecule has 1 aromatic carbocycles. The van der Waals surface area contributed by atoms with Crippen LogP contribution < -0.4 is 9.62 Å². The monoisotopic (exact) mass is 412 g/mol. The minimum absolute atomic E-state index is 0.0512. The molecular formula is C20H24N6S2. The standard InChI is InChI=1S/C20H24N6S2/c1-13-9-16(14(2)24-28(3)27)18-17(10-13)19-22-15(11-21)12-26(19)20(23-18)25-7-5-4-6-8-25/h9-10,12,14,24,27H,3-8H2,1-2H3. The highest BCUT2D eigenvalue weighted by molar-refractivity contribution is 8.75. The first-order valence-electron chi connectivity index (χ1n) is 9.45. The molecule has 2 atom stereocenters. The van der Waals surface area contributed by atoms with Crippen LogP contribution >= 0.6 is 21.4 Å². The Morgan fingerprint density at radius 1 is 1.29 bits per heavy atom. The summed E-state index contributed by atoms with van der Waals surface area (Å²) in [7, 11) is -0.437. The third-order valence-corrected chi connectivity index (χ3v) is 6.13. The third-order valence-electron chi connectivity index (χ3n) is 5.19. The Labute approximate surface area is 172 Å². The molecule has 1 N–H and O–H groups in total. The third kappa shape index (κ3) is 3.50. The lowest BCUT2D eigenvalue weighted by molar-refractivity contribution is 0.567. The van der Waals surface area contributed by atoms with Crippen molar-refractivity contribution in [2.75, 3.05) is 18.0 Å². The zero-order chi connectivity index (χ0) is 19.8. The van der Waals surface area contributed by atoms with Crippen molar-refractivity contribution in [3.8, 4) is 6.07 Å². The largest absolute Gasteiger partial charge is 0.342 e. The fraction of sp³-hybridized carbons (Fsp3) is 0.400. The summed E-state index contributed by atoms with van der Waals surface area (Å²) < 4.78 is 5.37. The first-order chi connectivity index (χ1) is 13.5. The lowest BCUT2D eigenvalue weighted by Crippen LogP contribution is -2.32. The van der Waals surface area contributed by atoms with Gasteiger partial charge in [-0.3, -0.25) is 9.12 Å². The highest BCUT2D eigenvalue weighted by Gasteiger charge is 2.21. The number of imidazole rings is 1. The molecule has 3 heterocycles. The summed E-state index contributed by atoms with van der Waals surface area (Å²) >= 11 is 4.41. The second-order valence-corrected chi connectivity index (χ2v) is 9.63. The molecule has 4 rings (SSSR count). The van der Waals surface area contributed by atoms with E-state index in [1.165, 1.54) is 6.42 Å². The summed E-state index contributed by atoms with van der Waals surface area (Å²) in [5, 5.41) is 10.4. The van der Waals surface area contributed by atoms with E-state index in [0.29, 0.717) is 5.69 Å². The molecular weight excluding hydrogens is 388 g/mol. The maximum atomic E-state index is 9.42. The predicted molar refractivity (Wildman–Crippen MR) is 121 cm³/mol. The lowest BCUT2D eigenvalue weighted by Gasteiger charge is -2.29. The number of nitrogens with zero attached hydrogens (tertiary/aromatic N) is 5.